The van der Waals surface area contributed by atoms with Crippen LogP contribution in [0.4, 0.5) is 0 Å². The smallest absolute Gasteiger partial charge is 0.316 e. The summed E-state index contributed by atoms with van der Waals surface area (Å²) < 4.78 is 33.1. The summed E-state index contributed by atoms with van der Waals surface area (Å²) in [7, 11) is -3.51. The van der Waals surface area contributed by atoms with Gasteiger partial charge in [0.05, 0.1) is 11.4 Å². The fourth-order valence-corrected chi connectivity index (χ4v) is 4.51. The molecule has 3 rings (SSSR count). The number of nitrogens with zero attached hydrogens (tertiary/aromatic N) is 3. The van der Waals surface area contributed by atoms with E-state index in [0.29, 0.717) is 24.0 Å². The Morgan fingerprint density at radius 1 is 1.08 bits per heavy atom. The molecule has 0 spiro atoms. The molecule has 0 N–H and O–H groups in total. The van der Waals surface area contributed by atoms with Crippen molar-refractivity contribution >= 4 is 10.0 Å². The maximum absolute atomic E-state index is 12.9. The Labute approximate surface area is 155 Å². The molecule has 2 heterocycles. The third-order valence-electron chi connectivity index (χ3n) is 4.67. The number of sulfonamides is 1. The Morgan fingerprint density at radius 3 is 2.35 bits per heavy atom. The Hall–Kier alpha value is -1.99. The van der Waals surface area contributed by atoms with Crippen LogP contribution in [0.5, 0.6) is 6.01 Å². The molecule has 2 aromatic rings. The molecule has 1 fully saturated rings. The largest absolute Gasteiger partial charge is 0.459 e. The summed E-state index contributed by atoms with van der Waals surface area (Å²) in [5.41, 5.74) is 2.16. The van der Waals surface area contributed by atoms with Crippen molar-refractivity contribution in [3.63, 3.8) is 0 Å². The first kappa shape index (κ1) is 18.8. The van der Waals surface area contributed by atoms with E-state index in [1.165, 1.54) is 4.31 Å². The van der Waals surface area contributed by atoms with Crippen molar-refractivity contribution < 1.29 is 13.2 Å². The molecular weight excluding hydrogens is 350 g/mol. The zero-order valence-electron chi connectivity index (χ0n) is 15.3. The number of piperidine rings is 1. The number of rotatable bonds is 6. The van der Waals surface area contributed by atoms with Crippen molar-refractivity contribution in [1.82, 2.24) is 14.3 Å². The van der Waals surface area contributed by atoms with E-state index in [9.17, 15) is 8.42 Å². The number of hydrogen-bond donors (Lipinski definition) is 0. The van der Waals surface area contributed by atoms with Gasteiger partial charge in [0.15, 0.2) is 0 Å². The van der Waals surface area contributed by atoms with Crippen LogP contribution < -0.4 is 4.74 Å². The lowest BCUT2D eigenvalue weighted by molar-refractivity contribution is 0.119. The summed E-state index contributed by atoms with van der Waals surface area (Å²) in [6.45, 7) is 4.91. The van der Waals surface area contributed by atoms with E-state index < -0.39 is 10.0 Å². The highest BCUT2D eigenvalue weighted by Gasteiger charge is 2.31. The Balaban J connectivity index is 1.70. The summed E-state index contributed by atoms with van der Waals surface area (Å²) in [5, 5.41) is 0. The summed E-state index contributed by atoms with van der Waals surface area (Å²) >= 11 is 0. The van der Waals surface area contributed by atoms with Gasteiger partial charge >= 0.3 is 6.01 Å². The van der Waals surface area contributed by atoms with Gasteiger partial charge in [0.25, 0.3) is 0 Å². The van der Waals surface area contributed by atoms with E-state index in [1.807, 2.05) is 26.0 Å². The van der Waals surface area contributed by atoms with E-state index >= 15 is 0 Å². The monoisotopic (exact) mass is 375 g/mol. The van der Waals surface area contributed by atoms with E-state index in [0.717, 1.165) is 36.8 Å². The Morgan fingerprint density at radius 2 is 1.73 bits per heavy atom. The first-order valence-electron chi connectivity index (χ1n) is 9.09. The lowest BCUT2D eigenvalue weighted by Gasteiger charge is -2.31. The van der Waals surface area contributed by atoms with Crippen molar-refractivity contribution in [2.75, 3.05) is 13.1 Å². The van der Waals surface area contributed by atoms with Crippen LogP contribution in [0.1, 0.15) is 37.8 Å². The van der Waals surface area contributed by atoms with E-state index in [-0.39, 0.29) is 6.10 Å². The highest BCUT2D eigenvalue weighted by Crippen LogP contribution is 2.23. The molecule has 1 aromatic heterocycles. The van der Waals surface area contributed by atoms with Gasteiger partial charge in [-0.25, -0.2) is 18.4 Å². The predicted molar refractivity (Wildman–Crippen MR) is 99.6 cm³/mol. The van der Waals surface area contributed by atoms with Crippen LogP contribution in [-0.4, -0.2) is 41.9 Å². The van der Waals surface area contributed by atoms with Gasteiger partial charge in [-0.15, -0.1) is 0 Å². The minimum absolute atomic E-state index is 0.235. The SMILES string of the molecule is CCc1ccc(S(=O)(=O)N2CCCC(Oc3ncc(CC)cn3)C2)cc1. The molecule has 0 aliphatic carbocycles. The first-order valence-corrected chi connectivity index (χ1v) is 10.5. The van der Waals surface area contributed by atoms with Crippen molar-refractivity contribution in [3.8, 4) is 6.01 Å². The molecular formula is C19H25N3O3S. The average molecular weight is 375 g/mol. The average Bonchev–Trinajstić information content (AvgIpc) is 2.69. The molecule has 1 atom stereocenters. The van der Waals surface area contributed by atoms with Crippen LogP contribution in [0.2, 0.25) is 0 Å². The maximum atomic E-state index is 12.9. The van der Waals surface area contributed by atoms with E-state index in [1.54, 1.807) is 24.5 Å². The minimum atomic E-state index is -3.51. The molecule has 1 aliphatic heterocycles. The molecule has 0 radical (unpaired) electrons. The molecule has 7 heteroatoms. The van der Waals surface area contributed by atoms with Gasteiger partial charge in [0.2, 0.25) is 10.0 Å². The standard InChI is InChI=1S/C19H25N3O3S/c1-3-15-7-9-18(10-8-15)26(23,24)22-11-5-6-17(14-22)25-19-20-12-16(4-2)13-21-19/h7-10,12-13,17H,3-6,11,14H2,1-2H3. The number of aromatic nitrogens is 2. The lowest BCUT2D eigenvalue weighted by atomic mass is 10.1. The highest BCUT2D eigenvalue weighted by atomic mass is 32.2. The van der Waals surface area contributed by atoms with Crippen molar-refractivity contribution in [3.05, 3.63) is 47.8 Å². The second-order valence-corrected chi connectivity index (χ2v) is 8.41. The van der Waals surface area contributed by atoms with Crippen LogP contribution in [0.15, 0.2) is 41.6 Å². The molecule has 6 nitrogen and oxygen atoms in total. The first-order chi connectivity index (χ1) is 12.5. The van der Waals surface area contributed by atoms with Crippen molar-refractivity contribution in [2.45, 2.75) is 50.5 Å². The molecule has 1 aromatic carbocycles. The quantitative estimate of drug-likeness (QED) is 0.776. The summed E-state index contributed by atoms with van der Waals surface area (Å²) in [6, 6.07) is 7.41. The van der Waals surface area contributed by atoms with Gasteiger partial charge in [-0.1, -0.05) is 26.0 Å². The third kappa shape index (κ3) is 4.22. The molecule has 1 saturated heterocycles. The zero-order chi connectivity index (χ0) is 18.6. The third-order valence-corrected chi connectivity index (χ3v) is 6.55. The zero-order valence-corrected chi connectivity index (χ0v) is 16.1. The van der Waals surface area contributed by atoms with Crippen molar-refractivity contribution in [2.24, 2.45) is 0 Å². The highest BCUT2D eigenvalue weighted by molar-refractivity contribution is 7.89. The van der Waals surface area contributed by atoms with Crippen LogP contribution in [0, 0.1) is 0 Å². The summed E-state index contributed by atoms with van der Waals surface area (Å²) in [6.07, 6.45) is 6.55. The minimum Gasteiger partial charge on any atom is -0.459 e. The van der Waals surface area contributed by atoms with Crippen LogP contribution in [0.25, 0.3) is 0 Å². The van der Waals surface area contributed by atoms with Gasteiger partial charge in [-0.05, 0) is 48.9 Å². The second kappa shape index (κ2) is 8.14. The van der Waals surface area contributed by atoms with Gasteiger partial charge in [0.1, 0.15) is 6.10 Å². The fourth-order valence-electron chi connectivity index (χ4n) is 3.00. The predicted octanol–water partition coefficient (Wildman–Crippen LogP) is 2.83. The number of hydrogen-bond acceptors (Lipinski definition) is 5. The molecule has 1 unspecified atom stereocenters. The van der Waals surface area contributed by atoms with Gasteiger partial charge in [-0.3, -0.25) is 0 Å². The molecule has 1 aliphatic rings. The summed E-state index contributed by atoms with van der Waals surface area (Å²) in [5.74, 6) is 0. The second-order valence-electron chi connectivity index (χ2n) is 6.47. The molecule has 26 heavy (non-hydrogen) atoms. The maximum Gasteiger partial charge on any atom is 0.316 e. The van der Waals surface area contributed by atoms with Crippen LogP contribution in [-0.2, 0) is 22.9 Å². The van der Waals surface area contributed by atoms with Gasteiger partial charge in [0, 0.05) is 18.9 Å². The normalized spacial score (nSPS) is 18.6. The molecule has 0 bridgehead atoms. The van der Waals surface area contributed by atoms with E-state index in [4.69, 9.17) is 4.74 Å². The van der Waals surface area contributed by atoms with Crippen molar-refractivity contribution in [1.29, 1.82) is 0 Å². The summed E-state index contributed by atoms with van der Waals surface area (Å²) in [4.78, 5) is 8.75. The topological polar surface area (TPSA) is 72.4 Å². The molecule has 0 saturated carbocycles. The number of benzene rings is 1. The van der Waals surface area contributed by atoms with Gasteiger partial charge in [-0.2, -0.15) is 4.31 Å². The Bertz CT molecular complexity index is 820. The number of aryl methyl sites for hydroxylation is 2. The van der Waals surface area contributed by atoms with Gasteiger partial charge < -0.3 is 4.74 Å². The molecule has 140 valence electrons. The van der Waals surface area contributed by atoms with Crippen LogP contribution >= 0.6 is 0 Å². The Kier molecular flexibility index (Phi) is 5.88. The number of ether oxygens (including phenoxy) is 1. The van der Waals surface area contributed by atoms with Crippen LogP contribution in [0.3, 0.4) is 0 Å². The fraction of sp³-hybridized carbons (Fsp3) is 0.474. The van der Waals surface area contributed by atoms with E-state index in [2.05, 4.69) is 9.97 Å². The lowest BCUT2D eigenvalue weighted by Crippen LogP contribution is -2.44. The molecule has 0 amide bonds.